The Labute approximate surface area is 210 Å². The maximum Gasteiger partial charge on any atom is 0.271 e. The van der Waals surface area contributed by atoms with Crippen molar-refractivity contribution in [3.8, 4) is 5.75 Å². The second-order valence-corrected chi connectivity index (χ2v) is 11.2. The first kappa shape index (κ1) is 25.6. The fourth-order valence-corrected chi connectivity index (χ4v) is 6.21. The number of rotatable bonds is 8. The lowest BCUT2D eigenvalue weighted by molar-refractivity contribution is -0.136. The number of amides is 2. The van der Waals surface area contributed by atoms with Crippen LogP contribution in [0.25, 0.3) is 10.9 Å². The lowest BCUT2D eigenvalue weighted by Crippen LogP contribution is -2.68. The first-order valence-corrected chi connectivity index (χ1v) is 13.5. The van der Waals surface area contributed by atoms with Crippen LogP contribution in [-0.4, -0.2) is 46.0 Å². The third-order valence-electron chi connectivity index (χ3n) is 8.65. The van der Waals surface area contributed by atoms with Crippen LogP contribution in [0.15, 0.2) is 24.3 Å². The summed E-state index contributed by atoms with van der Waals surface area (Å²) < 4.78 is 7.50. The number of aromatic nitrogens is 1. The van der Waals surface area contributed by atoms with Gasteiger partial charge in [0, 0.05) is 23.5 Å². The standard InChI is InChI=1S/C29H43N3O3/c1-7-8-9-12-20(3)30-28(34)29(5)18-31-25-17-23(35-6)15-14-22(25)16-26(31)27(33)32(29)24-13-10-11-19(2)21(24)4/h14-17,19-21,24H,7-13,18H2,1-6H3,(H,30,34). The Bertz CT molecular complexity index is 1080. The number of hydrogen-bond acceptors (Lipinski definition) is 3. The van der Waals surface area contributed by atoms with E-state index in [0.29, 0.717) is 24.1 Å². The SMILES string of the molecule is CCCCCC(C)NC(=O)C1(C)Cn2c(cc3ccc(OC)cc32)C(=O)N1C1CCCC(C)C1C. The third-order valence-corrected chi connectivity index (χ3v) is 8.65. The molecule has 2 aromatic rings. The zero-order chi connectivity index (χ0) is 25.3. The van der Waals surface area contributed by atoms with Gasteiger partial charge in [-0.2, -0.15) is 0 Å². The van der Waals surface area contributed by atoms with Crippen LogP contribution < -0.4 is 10.1 Å². The van der Waals surface area contributed by atoms with Crippen molar-refractivity contribution in [1.82, 2.24) is 14.8 Å². The van der Waals surface area contributed by atoms with Crippen molar-refractivity contribution in [2.45, 2.75) is 104 Å². The second-order valence-electron chi connectivity index (χ2n) is 11.2. The summed E-state index contributed by atoms with van der Waals surface area (Å²) in [5.41, 5.74) is 0.640. The van der Waals surface area contributed by atoms with Crippen LogP contribution in [0.5, 0.6) is 5.75 Å². The monoisotopic (exact) mass is 481 g/mol. The van der Waals surface area contributed by atoms with Gasteiger partial charge in [-0.15, -0.1) is 0 Å². The molecule has 6 heteroatoms. The van der Waals surface area contributed by atoms with Crippen molar-refractivity contribution in [1.29, 1.82) is 0 Å². The predicted octanol–water partition coefficient (Wildman–Crippen LogP) is 5.77. The van der Waals surface area contributed by atoms with Crippen LogP contribution in [-0.2, 0) is 11.3 Å². The van der Waals surface area contributed by atoms with Crippen molar-refractivity contribution in [3.63, 3.8) is 0 Å². The highest BCUT2D eigenvalue weighted by molar-refractivity contribution is 6.04. The molecule has 0 bridgehead atoms. The van der Waals surface area contributed by atoms with Gasteiger partial charge in [0.05, 0.1) is 19.2 Å². The fraction of sp³-hybridized carbons (Fsp3) is 0.655. The predicted molar refractivity (Wildman–Crippen MR) is 141 cm³/mol. The summed E-state index contributed by atoms with van der Waals surface area (Å²) in [6, 6.07) is 8.00. The first-order chi connectivity index (χ1) is 16.7. The smallest absolute Gasteiger partial charge is 0.271 e. The normalized spacial score (nSPS) is 27.5. The number of hydrogen-bond donors (Lipinski definition) is 1. The molecule has 1 saturated carbocycles. The molecular formula is C29H43N3O3. The molecule has 0 saturated heterocycles. The molecule has 5 unspecified atom stereocenters. The minimum absolute atomic E-state index is 0.0337. The van der Waals surface area contributed by atoms with Gasteiger partial charge in [0.15, 0.2) is 0 Å². The maximum absolute atomic E-state index is 14.2. The van der Waals surface area contributed by atoms with E-state index in [-0.39, 0.29) is 23.9 Å². The average molecular weight is 482 g/mol. The molecule has 5 atom stereocenters. The van der Waals surface area contributed by atoms with Crippen LogP contribution in [0.2, 0.25) is 0 Å². The highest BCUT2D eigenvalue weighted by atomic mass is 16.5. The molecule has 0 spiro atoms. The molecule has 1 fully saturated rings. The maximum atomic E-state index is 14.2. The van der Waals surface area contributed by atoms with Crippen LogP contribution in [0.4, 0.5) is 0 Å². The number of benzene rings is 1. The Balaban J connectivity index is 1.75. The van der Waals surface area contributed by atoms with E-state index in [1.54, 1.807) is 7.11 Å². The van der Waals surface area contributed by atoms with Crippen LogP contribution >= 0.6 is 0 Å². The Morgan fingerprint density at radius 1 is 1.23 bits per heavy atom. The van der Waals surface area contributed by atoms with E-state index < -0.39 is 5.54 Å². The molecule has 2 aliphatic rings. The first-order valence-electron chi connectivity index (χ1n) is 13.5. The van der Waals surface area contributed by atoms with Crippen molar-refractivity contribution in [2.75, 3.05) is 7.11 Å². The molecule has 6 nitrogen and oxygen atoms in total. The molecule has 1 N–H and O–H groups in total. The summed E-state index contributed by atoms with van der Waals surface area (Å²) in [7, 11) is 1.65. The van der Waals surface area contributed by atoms with Crippen LogP contribution in [0, 0.1) is 11.8 Å². The number of carbonyl (C=O) groups is 2. The van der Waals surface area contributed by atoms with E-state index in [1.165, 1.54) is 12.8 Å². The van der Waals surface area contributed by atoms with Crippen molar-refractivity contribution >= 4 is 22.7 Å². The van der Waals surface area contributed by atoms with Gasteiger partial charge < -0.3 is 19.5 Å². The van der Waals surface area contributed by atoms with Gasteiger partial charge in [0.2, 0.25) is 5.91 Å². The molecule has 192 valence electrons. The number of carbonyl (C=O) groups excluding carboxylic acids is 2. The summed E-state index contributed by atoms with van der Waals surface area (Å²) >= 11 is 0. The topological polar surface area (TPSA) is 63.6 Å². The Hall–Kier alpha value is -2.50. The van der Waals surface area contributed by atoms with Gasteiger partial charge in [-0.1, -0.05) is 52.9 Å². The molecular weight excluding hydrogens is 438 g/mol. The lowest BCUT2D eigenvalue weighted by Gasteiger charge is -2.52. The summed E-state index contributed by atoms with van der Waals surface area (Å²) in [5.74, 6) is 1.54. The zero-order valence-corrected chi connectivity index (χ0v) is 22.4. The quantitative estimate of drug-likeness (QED) is 0.487. The number of methoxy groups -OCH3 is 1. The molecule has 2 amide bonds. The van der Waals surface area contributed by atoms with Crippen molar-refractivity contribution in [3.05, 3.63) is 30.0 Å². The van der Waals surface area contributed by atoms with Crippen LogP contribution in [0.3, 0.4) is 0 Å². The van der Waals surface area contributed by atoms with Crippen LogP contribution in [0.1, 0.15) is 90.1 Å². The van der Waals surface area contributed by atoms with Crippen molar-refractivity contribution in [2.24, 2.45) is 11.8 Å². The summed E-state index contributed by atoms with van der Waals surface area (Å²) in [6.45, 7) is 11.2. The van der Waals surface area contributed by atoms with E-state index in [4.69, 9.17) is 4.74 Å². The Morgan fingerprint density at radius 2 is 2.00 bits per heavy atom. The Morgan fingerprint density at radius 3 is 2.71 bits per heavy atom. The molecule has 1 aromatic carbocycles. The summed E-state index contributed by atoms with van der Waals surface area (Å²) in [5, 5.41) is 4.28. The van der Waals surface area contributed by atoms with E-state index in [1.807, 2.05) is 40.7 Å². The van der Waals surface area contributed by atoms with Gasteiger partial charge in [-0.25, -0.2) is 0 Å². The molecule has 35 heavy (non-hydrogen) atoms. The summed E-state index contributed by atoms with van der Waals surface area (Å²) in [6.07, 6.45) is 7.59. The molecule has 2 heterocycles. The van der Waals surface area contributed by atoms with Crippen molar-refractivity contribution < 1.29 is 14.3 Å². The summed E-state index contributed by atoms with van der Waals surface area (Å²) in [4.78, 5) is 30.2. The van der Waals surface area contributed by atoms with E-state index in [9.17, 15) is 9.59 Å². The number of ether oxygens (including phenoxy) is 1. The van der Waals surface area contributed by atoms with Gasteiger partial charge in [-0.05, 0) is 56.7 Å². The molecule has 4 rings (SSSR count). The molecule has 1 aliphatic heterocycles. The van der Waals surface area contributed by atoms with E-state index in [0.717, 1.165) is 48.8 Å². The fourth-order valence-electron chi connectivity index (χ4n) is 6.21. The van der Waals surface area contributed by atoms with E-state index in [2.05, 4.69) is 33.0 Å². The largest absolute Gasteiger partial charge is 0.497 e. The Kier molecular flexibility index (Phi) is 7.48. The highest BCUT2D eigenvalue weighted by Gasteiger charge is 2.52. The number of nitrogens with one attached hydrogen (secondary N) is 1. The van der Waals surface area contributed by atoms with Gasteiger partial charge in [0.1, 0.15) is 17.0 Å². The third kappa shape index (κ3) is 4.68. The second kappa shape index (κ2) is 10.2. The zero-order valence-electron chi connectivity index (χ0n) is 22.4. The van der Waals surface area contributed by atoms with E-state index >= 15 is 0 Å². The van der Waals surface area contributed by atoms with Gasteiger partial charge in [0.25, 0.3) is 5.91 Å². The average Bonchev–Trinajstić information content (AvgIpc) is 3.19. The van der Waals surface area contributed by atoms with Gasteiger partial charge >= 0.3 is 0 Å². The molecule has 0 radical (unpaired) electrons. The minimum atomic E-state index is -0.964. The highest BCUT2D eigenvalue weighted by Crippen LogP contribution is 2.41. The van der Waals surface area contributed by atoms with Gasteiger partial charge in [-0.3, -0.25) is 9.59 Å². The minimum Gasteiger partial charge on any atom is -0.497 e. The number of nitrogens with zero attached hydrogens (tertiary/aromatic N) is 2. The molecule has 1 aliphatic carbocycles. The number of fused-ring (bicyclic) bond motifs is 3. The number of unbranched alkanes of at least 4 members (excludes halogenated alkanes) is 2. The lowest BCUT2D eigenvalue weighted by atomic mass is 9.75. The molecule has 1 aromatic heterocycles.